The zero-order valence-electron chi connectivity index (χ0n) is 10.2. The van der Waals surface area contributed by atoms with Crippen molar-refractivity contribution >= 4 is 33.4 Å². The molecule has 1 unspecified atom stereocenters. The van der Waals surface area contributed by atoms with E-state index >= 15 is 0 Å². The summed E-state index contributed by atoms with van der Waals surface area (Å²) in [5, 5.41) is 2.67. The summed E-state index contributed by atoms with van der Waals surface area (Å²) in [5.41, 5.74) is 5.63. The van der Waals surface area contributed by atoms with Gasteiger partial charge in [0.1, 0.15) is 11.9 Å². The van der Waals surface area contributed by atoms with Gasteiger partial charge >= 0.3 is 0 Å². The molecule has 2 amide bonds. The summed E-state index contributed by atoms with van der Waals surface area (Å²) in [6.45, 7) is 2.46. The lowest BCUT2D eigenvalue weighted by Gasteiger charge is -2.33. The van der Waals surface area contributed by atoms with E-state index < -0.39 is 11.9 Å². The number of anilines is 1. The van der Waals surface area contributed by atoms with Crippen LogP contribution in [0.5, 0.6) is 0 Å². The third-order valence-electron chi connectivity index (χ3n) is 3.08. The van der Waals surface area contributed by atoms with Gasteiger partial charge in [-0.3, -0.25) is 9.59 Å². The molecule has 3 N–H and O–H groups in total. The average molecular weight is 330 g/mol. The van der Waals surface area contributed by atoms with Crippen molar-refractivity contribution < 1.29 is 14.0 Å². The van der Waals surface area contributed by atoms with E-state index in [9.17, 15) is 14.0 Å². The molecule has 1 heterocycles. The van der Waals surface area contributed by atoms with Crippen LogP contribution in [0.1, 0.15) is 17.3 Å². The van der Waals surface area contributed by atoms with Crippen LogP contribution in [0.4, 0.5) is 10.1 Å². The van der Waals surface area contributed by atoms with Crippen LogP contribution in [0, 0.1) is 5.82 Å². The fraction of sp³-hybridized carbons (Fsp3) is 0.333. The Morgan fingerprint density at radius 2 is 2.26 bits per heavy atom. The minimum absolute atomic E-state index is 0.0966. The number of nitrogens with zero attached hydrogens (tertiary/aromatic N) is 1. The number of carbonyl (C=O) groups is 2. The maximum atomic E-state index is 13.3. The van der Waals surface area contributed by atoms with Gasteiger partial charge in [-0.05, 0) is 35.0 Å². The lowest BCUT2D eigenvalue weighted by Crippen LogP contribution is -2.55. The number of nitrogens with two attached hydrogens (primary N) is 1. The molecule has 0 saturated carbocycles. The van der Waals surface area contributed by atoms with E-state index in [1.54, 1.807) is 6.92 Å². The maximum absolute atomic E-state index is 13.3. The first kappa shape index (κ1) is 13.8. The van der Waals surface area contributed by atoms with E-state index in [0.29, 0.717) is 17.6 Å². The number of halogens is 2. The molecular weight excluding hydrogens is 317 g/mol. The van der Waals surface area contributed by atoms with E-state index in [0.717, 1.165) is 6.07 Å². The molecule has 1 aromatic carbocycles. The van der Waals surface area contributed by atoms with Crippen molar-refractivity contribution in [2.24, 2.45) is 0 Å². The zero-order valence-corrected chi connectivity index (χ0v) is 11.8. The van der Waals surface area contributed by atoms with Gasteiger partial charge in [0.2, 0.25) is 5.91 Å². The van der Waals surface area contributed by atoms with Gasteiger partial charge in [-0.15, -0.1) is 0 Å². The second-order valence-electron chi connectivity index (χ2n) is 4.32. The quantitative estimate of drug-likeness (QED) is 0.758. The van der Waals surface area contributed by atoms with E-state index in [-0.39, 0.29) is 23.1 Å². The van der Waals surface area contributed by atoms with Gasteiger partial charge in [-0.1, -0.05) is 0 Å². The predicted molar refractivity (Wildman–Crippen MR) is 72.0 cm³/mol. The van der Waals surface area contributed by atoms with Crippen LogP contribution in [0.3, 0.4) is 0 Å². The molecule has 1 aromatic rings. The van der Waals surface area contributed by atoms with Crippen molar-refractivity contribution in [1.29, 1.82) is 0 Å². The molecule has 0 aromatic heterocycles. The SMILES string of the molecule is CC1C(=O)NCCN1C(=O)c1cc(N)c(F)cc1Br. The third-order valence-corrected chi connectivity index (χ3v) is 3.73. The Morgan fingerprint density at radius 3 is 2.95 bits per heavy atom. The molecule has 0 aliphatic carbocycles. The fourth-order valence-electron chi connectivity index (χ4n) is 1.94. The Morgan fingerprint density at radius 1 is 1.58 bits per heavy atom. The second kappa shape index (κ2) is 5.16. The monoisotopic (exact) mass is 329 g/mol. The highest BCUT2D eigenvalue weighted by atomic mass is 79.9. The Kier molecular flexibility index (Phi) is 3.75. The number of hydrogen-bond acceptors (Lipinski definition) is 3. The van der Waals surface area contributed by atoms with E-state index in [4.69, 9.17) is 5.73 Å². The van der Waals surface area contributed by atoms with Crippen LogP contribution in [0.15, 0.2) is 16.6 Å². The van der Waals surface area contributed by atoms with Crippen LogP contribution >= 0.6 is 15.9 Å². The molecule has 1 aliphatic rings. The van der Waals surface area contributed by atoms with Gasteiger partial charge in [-0.2, -0.15) is 0 Å². The summed E-state index contributed by atoms with van der Waals surface area (Å²) in [5.74, 6) is -1.14. The first-order chi connectivity index (χ1) is 8.91. The summed E-state index contributed by atoms with van der Waals surface area (Å²) < 4.78 is 13.6. The van der Waals surface area contributed by atoms with Gasteiger partial charge in [0.15, 0.2) is 0 Å². The summed E-state index contributed by atoms with van der Waals surface area (Å²) >= 11 is 3.14. The van der Waals surface area contributed by atoms with E-state index in [1.807, 2.05) is 0 Å². The number of amides is 2. The molecule has 1 fully saturated rings. The number of rotatable bonds is 1. The van der Waals surface area contributed by atoms with E-state index in [1.165, 1.54) is 11.0 Å². The second-order valence-corrected chi connectivity index (χ2v) is 5.17. The largest absolute Gasteiger partial charge is 0.396 e. The first-order valence-electron chi connectivity index (χ1n) is 5.75. The number of piperazine rings is 1. The Bertz CT molecular complexity index is 550. The van der Waals surface area contributed by atoms with Gasteiger partial charge in [0, 0.05) is 17.6 Å². The van der Waals surface area contributed by atoms with Crippen molar-refractivity contribution in [3.63, 3.8) is 0 Å². The minimum atomic E-state index is -0.590. The molecule has 0 spiro atoms. The predicted octanol–water partition coefficient (Wildman–Crippen LogP) is 1.13. The molecular formula is C12H13BrFN3O2. The third kappa shape index (κ3) is 2.56. The molecule has 1 atom stereocenters. The van der Waals surface area contributed by atoms with Gasteiger partial charge < -0.3 is 16.0 Å². The van der Waals surface area contributed by atoms with Crippen molar-refractivity contribution in [3.8, 4) is 0 Å². The van der Waals surface area contributed by atoms with Crippen molar-refractivity contribution in [2.45, 2.75) is 13.0 Å². The number of carbonyl (C=O) groups excluding carboxylic acids is 2. The van der Waals surface area contributed by atoms with Crippen molar-refractivity contribution in [1.82, 2.24) is 10.2 Å². The molecule has 0 bridgehead atoms. The Balaban J connectivity index is 2.34. The average Bonchev–Trinajstić information content (AvgIpc) is 2.36. The van der Waals surface area contributed by atoms with Gasteiger partial charge in [-0.25, -0.2) is 4.39 Å². The van der Waals surface area contributed by atoms with E-state index in [2.05, 4.69) is 21.2 Å². The first-order valence-corrected chi connectivity index (χ1v) is 6.54. The molecule has 2 rings (SSSR count). The molecule has 0 radical (unpaired) electrons. The van der Waals surface area contributed by atoms with Crippen LogP contribution in [0.25, 0.3) is 0 Å². The maximum Gasteiger partial charge on any atom is 0.255 e. The number of hydrogen-bond donors (Lipinski definition) is 2. The lowest BCUT2D eigenvalue weighted by atomic mass is 10.1. The molecule has 1 saturated heterocycles. The summed E-state index contributed by atoms with van der Waals surface area (Å²) in [6.07, 6.45) is 0. The highest BCUT2D eigenvalue weighted by Crippen LogP contribution is 2.25. The van der Waals surface area contributed by atoms with Crippen molar-refractivity contribution in [3.05, 3.63) is 28.0 Å². The van der Waals surface area contributed by atoms with Crippen LogP contribution in [-0.4, -0.2) is 35.8 Å². The van der Waals surface area contributed by atoms with Crippen LogP contribution in [0.2, 0.25) is 0 Å². The summed E-state index contributed by atoms with van der Waals surface area (Å²) in [6, 6.07) is 1.87. The Labute approximate surface area is 118 Å². The van der Waals surface area contributed by atoms with Crippen LogP contribution < -0.4 is 11.1 Å². The lowest BCUT2D eigenvalue weighted by molar-refractivity contribution is -0.127. The topological polar surface area (TPSA) is 75.4 Å². The highest BCUT2D eigenvalue weighted by molar-refractivity contribution is 9.10. The fourth-order valence-corrected chi connectivity index (χ4v) is 2.43. The van der Waals surface area contributed by atoms with Crippen molar-refractivity contribution in [2.75, 3.05) is 18.8 Å². The zero-order chi connectivity index (χ0) is 14.2. The number of nitrogen functional groups attached to an aromatic ring is 1. The Hall–Kier alpha value is -1.63. The molecule has 102 valence electrons. The molecule has 5 nitrogen and oxygen atoms in total. The summed E-state index contributed by atoms with van der Waals surface area (Å²) in [4.78, 5) is 25.4. The number of nitrogens with one attached hydrogen (secondary N) is 1. The summed E-state index contributed by atoms with van der Waals surface area (Å²) in [7, 11) is 0. The molecule has 7 heteroatoms. The molecule has 1 aliphatic heterocycles. The normalized spacial score (nSPS) is 19.2. The van der Waals surface area contributed by atoms with Gasteiger partial charge in [0.05, 0.1) is 11.3 Å². The van der Waals surface area contributed by atoms with Gasteiger partial charge in [0.25, 0.3) is 5.91 Å². The number of benzene rings is 1. The molecule has 19 heavy (non-hydrogen) atoms. The smallest absolute Gasteiger partial charge is 0.255 e. The highest BCUT2D eigenvalue weighted by Gasteiger charge is 2.31. The standard InChI is InChI=1S/C12H13BrFN3O2/c1-6-11(18)16-2-3-17(6)12(19)7-4-10(15)9(14)5-8(7)13/h4-6H,2-3,15H2,1H3,(H,16,18). The van der Waals surface area contributed by atoms with Crippen LogP contribution in [-0.2, 0) is 4.79 Å². The minimum Gasteiger partial charge on any atom is -0.396 e.